The maximum Gasteiger partial charge on any atom is 0.349 e. The van der Waals surface area contributed by atoms with E-state index in [1.165, 1.54) is 12.1 Å². The van der Waals surface area contributed by atoms with Crippen LogP contribution in [0.4, 0.5) is 8.78 Å². The maximum absolute atomic E-state index is 13.9. The molecule has 1 fully saturated rings. The second-order valence-electron chi connectivity index (χ2n) is 4.57. The average Bonchev–Trinajstić information content (AvgIpc) is 3.20. The quantitative estimate of drug-likeness (QED) is 0.856. The number of carbonyl (C=O) groups excluding carboxylic acids is 1. The molecule has 1 atom stereocenters. The van der Waals surface area contributed by atoms with Gasteiger partial charge in [-0.05, 0) is 18.8 Å². The third kappa shape index (κ3) is 2.89. The molecule has 2 rings (SSSR count). The van der Waals surface area contributed by atoms with Gasteiger partial charge < -0.3 is 10.4 Å². The fourth-order valence-electron chi connectivity index (χ4n) is 1.82. The molecule has 0 radical (unpaired) electrons. The summed E-state index contributed by atoms with van der Waals surface area (Å²) in [5, 5.41) is 10.8. The number of hydrogen-bond acceptors (Lipinski definition) is 2. The summed E-state index contributed by atoms with van der Waals surface area (Å²) in [6, 6.07) is 5.38. The zero-order valence-corrected chi connectivity index (χ0v) is 9.98. The van der Waals surface area contributed by atoms with Crippen molar-refractivity contribution in [3.8, 4) is 0 Å². The van der Waals surface area contributed by atoms with Crippen LogP contribution in [-0.2, 0) is 15.5 Å². The summed E-state index contributed by atoms with van der Waals surface area (Å²) in [6.45, 7) is 0. The number of benzene rings is 1. The smallest absolute Gasteiger partial charge is 0.349 e. The third-order valence-electron chi connectivity index (χ3n) is 3.07. The molecule has 1 aromatic rings. The molecule has 6 heteroatoms. The van der Waals surface area contributed by atoms with Crippen molar-refractivity contribution in [1.82, 2.24) is 5.32 Å². The lowest BCUT2D eigenvalue weighted by Gasteiger charge is -2.19. The minimum absolute atomic E-state index is 0.243. The molecule has 1 aromatic carbocycles. The lowest BCUT2D eigenvalue weighted by Crippen LogP contribution is -2.48. The highest BCUT2D eigenvalue weighted by Gasteiger charge is 2.45. The van der Waals surface area contributed by atoms with Crippen molar-refractivity contribution in [3.05, 3.63) is 35.9 Å². The Labute approximate surface area is 108 Å². The lowest BCUT2D eigenvalue weighted by molar-refractivity contribution is -0.152. The monoisotopic (exact) mass is 269 g/mol. The Hall–Kier alpha value is -1.98. The third-order valence-corrected chi connectivity index (χ3v) is 3.07. The van der Waals surface area contributed by atoms with Gasteiger partial charge in [-0.1, -0.05) is 30.3 Å². The van der Waals surface area contributed by atoms with Crippen LogP contribution in [0, 0.1) is 5.92 Å². The number of hydrogen-bond donors (Lipinski definition) is 2. The van der Waals surface area contributed by atoms with Crippen molar-refractivity contribution in [1.29, 1.82) is 0 Å². The van der Waals surface area contributed by atoms with Crippen molar-refractivity contribution < 1.29 is 23.5 Å². The minimum Gasteiger partial charge on any atom is -0.480 e. The number of alkyl halides is 2. The van der Waals surface area contributed by atoms with Crippen molar-refractivity contribution in [2.75, 3.05) is 0 Å². The predicted octanol–water partition coefficient (Wildman–Crippen LogP) is 1.76. The summed E-state index contributed by atoms with van der Waals surface area (Å²) in [4.78, 5) is 22.5. The van der Waals surface area contributed by atoms with Crippen LogP contribution in [0.5, 0.6) is 0 Å². The van der Waals surface area contributed by atoms with Crippen molar-refractivity contribution >= 4 is 11.9 Å². The largest absolute Gasteiger partial charge is 0.480 e. The number of carboxylic acid groups (broad SMARTS) is 1. The number of nitrogens with one attached hydrogen (secondary N) is 1. The molecule has 2 N–H and O–H groups in total. The van der Waals surface area contributed by atoms with Gasteiger partial charge >= 0.3 is 11.9 Å². The van der Waals surface area contributed by atoms with E-state index in [-0.39, 0.29) is 5.92 Å². The van der Waals surface area contributed by atoms with Crippen molar-refractivity contribution in [2.45, 2.75) is 24.8 Å². The molecular formula is C13H13F2NO3. The van der Waals surface area contributed by atoms with Gasteiger partial charge in [-0.25, -0.2) is 4.79 Å². The summed E-state index contributed by atoms with van der Waals surface area (Å²) in [5.41, 5.74) is -0.451. The van der Waals surface area contributed by atoms with E-state index in [1.54, 1.807) is 6.07 Å². The summed E-state index contributed by atoms with van der Waals surface area (Å²) < 4.78 is 27.7. The second-order valence-corrected chi connectivity index (χ2v) is 4.57. The van der Waals surface area contributed by atoms with Gasteiger partial charge in [0.1, 0.15) is 6.04 Å². The van der Waals surface area contributed by atoms with Crippen molar-refractivity contribution in [2.24, 2.45) is 5.92 Å². The molecule has 1 unspecified atom stereocenters. The molecule has 0 bridgehead atoms. The molecule has 4 nitrogen and oxygen atoms in total. The van der Waals surface area contributed by atoms with Crippen LogP contribution in [0.15, 0.2) is 30.3 Å². The first-order valence-electron chi connectivity index (χ1n) is 5.90. The van der Waals surface area contributed by atoms with Crippen molar-refractivity contribution in [3.63, 3.8) is 0 Å². The standard InChI is InChI=1S/C13H13F2NO3/c14-13(15,9-4-2-1-3-5-9)12(19)16-10(11(17)18)8-6-7-8/h1-5,8,10H,6-7H2,(H,16,19)(H,17,18). The zero-order valence-electron chi connectivity index (χ0n) is 9.98. The Kier molecular flexibility index (Phi) is 3.50. The Bertz CT molecular complexity index is 486. The van der Waals surface area contributed by atoms with E-state index in [9.17, 15) is 18.4 Å². The summed E-state index contributed by atoms with van der Waals surface area (Å²) in [7, 11) is 0. The number of rotatable bonds is 5. The van der Waals surface area contributed by atoms with Crippen LogP contribution in [0.2, 0.25) is 0 Å². The number of amides is 1. The minimum atomic E-state index is -3.73. The van der Waals surface area contributed by atoms with Crippen LogP contribution in [0.1, 0.15) is 18.4 Å². The number of carbonyl (C=O) groups is 2. The molecule has 19 heavy (non-hydrogen) atoms. The van der Waals surface area contributed by atoms with Gasteiger partial charge in [0.2, 0.25) is 0 Å². The molecule has 0 aromatic heterocycles. The van der Waals surface area contributed by atoms with Gasteiger partial charge in [0.25, 0.3) is 5.91 Å². The van der Waals surface area contributed by atoms with Gasteiger partial charge in [0.15, 0.2) is 0 Å². The topological polar surface area (TPSA) is 66.4 Å². The SMILES string of the molecule is O=C(O)C(NC(=O)C(F)(F)c1ccccc1)C1CC1. The number of halogens is 2. The first kappa shape index (κ1) is 13.5. The lowest BCUT2D eigenvalue weighted by atomic mass is 10.1. The highest BCUT2D eigenvalue weighted by molar-refractivity contribution is 5.89. The van der Waals surface area contributed by atoms with Crippen LogP contribution in [0.3, 0.4) is 0 Å². The van der Waals surface area contributed by atoms with Gasteiger partial charge in [-0.2, -0.15) is 8.78 Å². The van der Waals surface area contributed by atoms with Gasteiger partial charge in [-0.15, -0.1) is 0 Å². The Morgan fingerprint density at radius 3 is 2.32 bits per heavy atom. The molecule has 0 saturated heterocycles. The second kappa shape index (κ2) is 4.95. The molecule has 1 amide bonds. The van der Waals surface area contributed by atoms with Gasteiger partial charge in [0, 0.05) is 5.56 Å². The molecule has 0 aliphatic heterocycles. The fourth-order valence-corrected chi connectivity index (χ4v) is 1.82. The molecule has 1 saturated carbocycles. The fraction of sp³-hybridized carbons (Fsp3) is 0.385. The van der Waals surface area contributed by atoms with E-state index in [0.717, 1.165) is 12.1 Å². The molecule has 0 spiro atoms. The van der Waals surface area contributed by atoms with E-state index < -0.39 is 29.4 Å². The predicted molar refractivity (Wildman–Crippen MR) is 62.6 cm³/mol. The van der Waals surface area contributed by atoms with Crippen LogP contribution < -0.4 is 5.32 Å². The summed E-state index contributed by atoms with van der Waals surface area (Å²) >= 11 is 0. The molecular weight excluding hydrogens is 256 g/mol. The normalized spacial score (nSPS) is 16.7. The van der Waals surface area contributed by atoms with E-state index in [4.69, 9.17) is 5.11 Å². The molecule has 102 valence electrons. The van der Waals surface area contributed by atoms with E-state index in [1.807, 2.05) is 5.32 Å². The Balaban J connectivity index is 2.12. The van der Waals surface area contributed by atoms with E-state index in [2.05, 4.69) is 0 Å². The molecule has 1 aliphatic carbocycles. The van der Waals surface area contributed by atoms with Crippen LogP contribution in [-0.4, -0.2) is 23.0 Å². The summed E-state index contributed by atoms with van der Waals surface area (Å²) in [6.07, 6.45) is 1.27. The van der Waals surface area contributed by atoms with E-state index in [0.29, 0.717) is 12.8 Å². The zero-order chi connectivity index (χ0) is 14.0. The van der Waals surface area contributed by atoms with Crippen LogP contribution in [0.25, 0.3) is 0 Å². The Morgan fingerprint density at radius 1 is 1.26 bits per heavy atom. The molecule has 0 heterocycles. The number of aliphatic carboxylic acids is 1. The average molecular weight is 269 g/mol. The summed E-state index contributed by atoms with van der Waals surface area (Å²) in [5.74, 6) is -6.82. The molecule has 1 aliphatic rings. The van der Waals surface area contributed by atoms with Crippen LogP contribution >= 0.6 is 0 Å². The first-order valence-corrected chi connectivity index (χ1v) is 5.90. The Morgan fingerprint density at radius 2 is 1.84 bits per heavy atom. The highest BCUT2D eigenvalue weighted by Crippen LogP contribution is 2.34. The number of carboxylic acids is 1. The maximum atomic E-state index is 13.9. The van der Waals surface area contributed by atoms with Gasteiger partial charge in [-0.3, -0.25) is 4.79 Å². The van der Waals surface area contributed by atoms with E-state index >= 15 is 0 Å². The highest BCUT2D eigenvalue weighted by atomic mass is 19.3. The first-order chi connectivity index (χ1) is 8.93. The van der Waals surface area contributed by atoms with Gasteiger partial charge in [0.05, 0.1) is 0 Å².